The molecule has 1 aromatic carbocycles. The predicted octanol–water partition coefficient (Wildman–Crippen LogP) is 0.183. The van der Waals surface area contributed by atoms with Crippen LogP contribution in [0, 0.1) is 10.1 Å². The minimum absolute atomic E-state index is 0.0718. The van der Waals surface area contributed by atoms with Gasteiger partial charge in [0.1, 0.15) is 0 Å². The van der Waals surface area contributed by atoms with Gasteiger partial charge in [0, 0.05) is 18.6 Å². The zero-order valence-electron chi connectivity index (χ0n) is 8.70. The van der Waals surface area contributed by atoms with Crippen LogP contribution in [-0.4, -0.2) is 26.1 Å². The Morgan fingerprint density at radius 3 is 2.65 bits per heavy atom. The van der Waals surface area contributed by atoms with Crippen molar-refractivity contribution in [2.24, 2.45) is 5.14 Å². The molecule has 0 radical (unpaired) electrons. The minimum Gasteiger partial charge on any atom is -0.373 e. The first-order valence-corrected chi connectivity index (χ1v) is 6.34. The van der Waals surface area contributed by atoms with E-state index in [1.807, 2.05) is 0 Å². The number of hydrogen-bond donors (Lipinski definition) is 1. The number of nitrogens with two attached hydrogens (primary N) is 1. The Hall–Kier alpha value is -1.51. The van der Waals surface area contributed by atoms with E-state index in [0.29, 0.717) is 18.6 Å². The average Bonchev–Trinajstić information content (AvgIpc) is 2.99. The molecule has 17 heavy (non-hydrogen) atoms. The first-order chi connectivity index (χ1) is 7.88. The Labute approximate surface area is 97.4 Å². The highest BCUT2D eigenvalue weighted by molar-refractivity contribution is 7.89. The monoisotopic (exact) mass is 258 g/mol. The van der Waals surface area contributed by atoms with E-state index in [0.717, 1.165) is 12.1 Å². The van der Waals surface area contributed by atoms with E-state index in [1.54, 1.807) is 0 Å². The molecule has 2 rings (SSSR count). The van der Waals surface area contributed by atoms with Gasteiger partial charge in [-0.3, -0.25) is 10.1 Å². The van der Waals surface area contributed by atoms with Gasteiger partial charge in [0.05, 0.1) is 22.5 Å². The molecule has 0 unspecified atom stereocenters. The van der Waals surface area contributed by atoms with Gasteiger partial charge in [0.2, 0.25) is 10.0 Å². The van der Waals surface area contributed by atoms with Crippen LogP contribution in [-0.2, 0) is 21.2 Å². The van der Waals surface area contributed by atoms with Crippen molar-refractivity contribution in [1.82, 2.24) is 0 Å². The number of rotatable bonds is 4. The summed E-state index contributed by atoms with van der Waals surface area (Å²) in [6.45, 7) is 0.534. The van der Waals surface area contributed by atoms with E-state index >= 15 is 0 Å². The molecule has 0 aromatic heterocycles. The van der Waals surface area contributed by atoms with E-state index < -0.39 is 14.9 Å². The fourth-order valence-corrected chi connectivity index (χ4v) is 2.31. The molecule has 1 aliphatic heterocycles. The summed E-state index contributed by atoms with van der Waals surface area (Å²) in [4.78, 5) is 9.95. The fraction of sp³-hybridized carbons (Fsp3) is 0.333. The summed E-state index contributed by atoms with van der Waals surface area (Å²) in [7, 11) is -3.87. The van der Waals surface area contributed by atoms with E-state index in [9.17, 15) is 18.5 Å². The number of ether oxygens (including phenoxy) is 1. The standard InChI is InChI=1S/C9H10N2O5S/c10-17(14,15)9-2-1-7(11(12)13)3-6(9)4-8-5-16-8/h1-3,8H,4-5H2,(H2,10,14,15)/t8-/m1/s1. The number of nitro benzene ring substituents is 1. The number of benzene rings is 1. The lowest BCUT2D eigenvalue weighted by molar-refractivity contribution is -0.385. The van der Waals surface area contributed by atoms with Gasteiger partial charge in [-0.25, -0.2) is 13.6 Å². The maximum Gasteiger partial charge on any atom is 0.269 e. The van der Waals surface area contributed by atoms with Crippen LogP contribution in [0.15, 0.2) is 23.1 Å². The first kappa shape index (κ1) is 12.0. The molecule has 92 valence electrons. The predicted molar refractivity (Wildman–Crippen MR) is 57.9 cm³/mol. The third kappa shape index (κ3) is 2.78. The van der Waals surface area contributed by atoms with Gasteiger partial charge in [-0.1, -0.05) is 0 Å². The zero-order chi connectivity index (χ0) is 12.6. The Kier molecular flexibility index (Phi) is 2.86. The van der Waals surface area contributed by atoms with Crippen LogP contribution in [0.2, 0.25) is 0 Å². The zero-order valence-corrected chi connectivity index (χ0v) is 9.51. The number of epoxide rings is 1. The van der Waals surface area contributed by atoms with Crippen molar-refractivity contribution < 1.29 is 18.1 Å². The van der Waals surface area contributed by atoms with Crippen LogP contribution < -0.4 is 5.14 Å². The minimum atomic E-state index is -3.87. The molecule has 1 saturated heterocycles. The number of sulfonamides is 1. The molecule has 1 aromatic rings. The molecule has 7 nitrogen and oxygen atoms in total. The Balaban J connectivity index is 2.47. The Bertz CT molecular complexity index is 565. The van der Waals surface area contributed by atoms with Crippen molar-refractivity contribution in [3.05, 3.63) is 33.9 Å². The van der Waals surface area contributed by atoms with Crippen LogP contribution in [0.4, 0.5) is 5.69 Å². The summed E-state index contributed by atoms with van der Waals surface area (Å²) in [5.41, 5.74) is 0.164. The van der Waals surface area contributed by atoms with Crippen LogP contribution in [0.3, 0.4) is 0 Å². The second-order valence-electron chi connectivity index (χ2n) is 3.75. The van der Waals surface area contributed by atoms with E-state index in [2.05, 4.69) is 0 Å². The van der Waals surface area contributed by atoms with Gasteiger partial charge in [0.15, 0.2) is 0 Å². The molecule has 0 spiro atoms. The topological polar surface area (TPSA) is 116 Å². The van der Waals surface area contributed by atoms with Gasteiger partial charge in [0.25, 0.3) is 5.69 Å². The van der Waals surface area contributed by atoms with E-state index in [-0.39, 0.29) is 16.7 Å². The molecule has 8 heteroatoms. The van der Waals surface area contributed by atoms with Crippen molar-refractivity contribution in [2.45, 2.75) is 17.4 Å². The SMILES string of the molecule is NS(=O)(=O)c1ccc([N+](=O)[O-])cc1C[C@@H]1CO1. The molecule has 0 bridgehead atoms. The summed E-state index contributed by atoms with van der Waals surface area (Å²) in [5.74, 6) is 0. The molecule has 0 amide bonds. The molecule has 1 heterocycles. The van der Waals surface area contributed by atoms with E-state index in [4.69, 9.17) is 9.88 Å². The van der Waals surface area contributed by atoms with Gasteiger partial charge >= 0.3 is 0 Å². The normalized spacial score (nSPS) is 19.0. The lowest BCUT2D eigenvalue weighted by Gasteiger charge is -2.05. The van der Waals surface area contributed by atoms with Gasteiger partial charge in [-0.15, -0.1) is 0 Å². The Morgan fingerprint density at radius 1 is 1.53 bits per heavy atom. The molecule has 2 N–H and O–H groups in total. The maximum atomic E-state index is 11.3. The molecular formula is C9H10N2O5S. The summed E-state index contributed by atoms with van der Waals surface area (Å²) in [6, 6.07) is 3.50. The molecule has 0 saturated carbocycles. The number of non-ortho nitro benzene ring substituents is 1. The van der Waals surface area contributed by atoms with Crippen LogP contribution >= 0.6 is 0 Å². The maximum absolute atomic E-state index is 11.3. The van der Waals surface area contributed by atoms with Gasteiger partial charge in [-0.05, 0) is 11.6 Å². The molecule has 1 fully saturated rings. The van der Waals surface area contributed by atoms with Crippen LogP contribution in [0.25, 0.3) is 0 Å². The number of hydrogen-bond acceptors (Lipinski definition) is 5. The number of nitrogens with zero attached hydrogens (tertiary/aromatic N) is 1. The van der Waals surface area contributed by atoms with Gasteiger partial charge in [-0.2, -0.15) is 0 Å². The molecular weight excluding hydrogens is 248 g/mol. The van der Waals surface area contributed by atoms with Crippen molar-refractivity contribution in [3.63, 3.8) is 0 Å². The lowest BCUT2D eigenvalue weighted by atomic mass is 10.1. The summed E-state index contributed by atoms with van der Waals surface area (Å²) >= 11 is 0. The lowest BCUT2D eigenvalue weighted by Crippen LogP contribution is -2.15. The molecule has 0 aliphatic carbocycles. The quantitative estimate of drug-likeness (QED) is 0.470. The third-order valence-corrected chi connectivity index (χ3v) is 3.42. The summed E-state index contributed by atoms with van der Waals surface area (Å²) in [5, 5.41) is 15.7. The highest BCUT2D eigenvalue weighted by atomic mass is 32.2. The summed E-state index contributed by atoms with van der Waals surface area (Å²) < 4.78 is 27.6. The molecule has 1 atom stereocenters. The molecule has 1 aliphatic rings. The highest BCUT2D eigenvalue weighted by Crippen LogP contribution is 2.25. The first-order valence-electron chi connectivity index (χ1n) is 4.79. The third-order valence-electron chi connectivity index (χ3n) is 2.41. The number of primary sulfonamides is 1. The second-order valence-corrected chi connectivity index (χ2v) is 5.28. The van der Waals surface area contributed by atoms with E-state index in [1.165, 1.54) is 6.07 Å². The average molecular weight is 258 g/mol. The van der Waals surface area contributed by atoms with Crippen LogP contribution in [0.5, 0.6) is 0 Å². The van der Waals surface area contributed by atoms with Crippen molar-refractivity contribution >= 4 is 15.7 Å². The van der Waals surface area contributed by atoms with Crippen LogP contribution in [0.1, 0.15) is 5.56 Å². The summed E-state index contributed by atoms with van der Waals surface area (Å²) in [6.07, 6.45) is 0.241. The second kappa shape index (κ2) is 4.06. The van der Waals surface area contributed by atoms with Crippen molar-refractivity contribution in [2.75, 3.05) is 6.61 Å². The van der Waals surface area contributed by atoms with Gasteiger partial charge < -0.3 is 4.74 Å². The number of nitro groups is 1. The van der Waals surface area contributed by atoms with Crippen molar-refractivity contribution in [3.8, 4) is 0 Å². The van der Waals surface area contributed by atoms with Crippen molar-refractivity contribution in [1.29, 1.82) is 0 Å². The highest BCUT2D eigenvalue weighted by Gasteiger charge is 2.27. The largest absolute Gasteiger partial charge is 0.373 e. The fourth-order valence-electron chi connectivity index (χ4n) is 1.55. The Morgan fingerprint density at radius 2 is 2.18 bits per heavy atom. The smallest absolute Gasteiger partial charge is 0.269 e.